The Morgan fingerprint density at radius 1 is 1.33 bits per heavy atom. The number of nitrogens with one attached hydrogen (secondary N) is 1. The zero-order valence-corrected chi connectivity index (χ0v) is 8.96. The predicted molar refractivity (Wildman–Crippen MR) is 57.8 cm³/mol. The van der Waals surface area contributed by atoms with Crippen LogP contribution in [0.4, 0.5) is 0 Å². The topological polar surface area (TPSA) is 12.0 Å². The monoisotopic (exact) mass is 187 g/mol. The minimum atomic E-state index is 1.03. The van der Waals surface area contributed by atoms with Crippen molar-refractivity contribution in [3.63, 3.8) is 0 Å². The van der Waals surface area contributed by atoms with Gasteiger partial charge in [0.2, 0.25) is 0 Å². The summed E-state index contributed by atoms with van der Waals surface area (Å²) in [7, 11) is 0. The van der Waals surface area contributed by atoms with Crippen molar-refractivity contribution in [1.29, 1.82) is 0 Å². The van der Waals surface area contributed by atoms with E-state index in [-0.39, 0.29) is 0 Å². The molecule has 0 atom stereocenters. The molecule has 2 heteroatoms. The van der Waals surface area contributed by atoms with Crippen LogP contribution in [-0.4, -0.2) is 24.6 Å². The molecule has 1 saturated carbocycles. The molecule has 0 aromatic carbocycles. The first-order valence-corrected chi connectivity index (χ1v) is 6.37. The molecule has 0 saturated heterocycles. The third-order valence-electron chi connectivity index (χ3n) is 2.20. The second-order valence-electron chi connectivity index (χ2n) is 3.61. The molecule has 0 amide bonds. The minimum absolute atomic E-state index is 1.03. The van der Waals surface area contributed by atoms with Gasteiger partial charge in [-0.25, -0.2) is 0 Å². The van der Waals surface area contributed by atoms with Gasteiger partial charge >= 0.3 is 0 Å². The fourth-order valence-electron chi connectivity index (χ4n) is 1.12. The maximum absolute atomic E-state index is 3.50. The molecule has 0 heterocycles. The van der Waals surface area contributed by atoms with E-state index in [1.807, 2.05) is 0 Å². The third kappa shape index (κ3) is 5.90. The predicted octanol–water partition coefficient (Wildman–Crippen LogP) is 2.52. The fraction of sp³-hybridized carbons (Fsp3) is 1.00. The second kappa shape index (κ2) is 6.79. The Hall–Kier alpha value is 0.310. The summed E-state index contributed by atoms with van der Waals surface area (Å²) in [5.74, 6) is 3.68. The van der Waals surface area contributed by atoms with Gasteiger partial charge in [0, 0.05) is 12.3 Å². The molecule has 1 aliphatic rings. The summed E-state index contributed by atoms with van der Waals surface area (Å²) in [6, 6.07) is 0. The van der Waals surface area contributed by atoms with Gasteiger partial charge in [0.1, 0.15) is 0 Å². The van der Waals surface area contributed by atoms with Crippen molar-refractivity contribution in [2.75, 3.05) is 24.6 Å². The lowest BCUT2D eigenvalue weighted by molar-refractivity contribution is 0.665. The zero-order chi connectivity index (χ0) is 8.65. The van der Waals surface area contributed by atoms with Crippen LogP contribution in [0.5, 0.6) is 0 Å². The van der Waals surface area contributed by atoms with Crippen LogP contribution < -0.4 is 5.32 Å². The van der Waals surface area contributed by atoms with E-state index in [0.29, 0.717) is 0 Å². The summed E-state index contributed by atoms with van der Waals surface area (Å²) >= 11 is 2.09. The molecule has 0 unspecified atom stereocenters. The van der Waals surface area contributed by atoms with Gasteiger partial charge in [-0.05, 0) is 37.5 Å². The van der Waals surface area contributed by atoms with Gasteiger partial charge < -0.3 is 5.32 Å². The lowest BCUT2D eigenvalue weighted by Gasteiger charge is -2.02. The summed E-state index contributed by atoms with van der Waals surface area (Å²) in [4.78, 5) is 0. The lowest BCUT2D eigenvalue weighted by Crippen LogP contribution is -2.19. The van der Waals surface area contributed by atoms with E-state index in [4.69, 9.17) is 0 Å². The highest BCUT2D eigenvalue weighted by Crippen LogP contribution is 2.27. The van der Waals surface area contributed by atoms with Crippen LogP contribution in [0.3, 0.4) is 0 Å². The molecule has 0 radical (unpaired) electrons. The Morgan fingerprint density at radius 2 is 2.17 bits per heavy atom. The van der Waals surface area contributed by atoms with E-state index in [1.165, 1.54) is 50.3 Å². The summed E-state index contributed by atoms with van der Waals surface area (Å²) in [5.41, 5.74) is 0. The standard InChI is InChI=1S/C10H21NS/c1-2-3-7-12-8-6-11-9-10-4-5-10/h10-11H,2-9H2,1H3. The molecule has 1 nitrogen and oxygen atoms in total. The molecule has 0 aromatic rings. The molecule has 0 bridgehead atoms. The van der Waals surface area contributed by atoms with Gasteiger partial charge in [0.05, 0.1) is 0 Å². The fourth-order valence-corrected chi connectivity index (χ4v) is 2.11. The normalized spacial score (nSPS) is 16.8. The van der Waals surface area contributed by atoms with Crippen LogP contribution >= 0.6 is 11.8 Å². The van der Waals surface area contributed by atoms with Crippen molar-refractivity contribution in [2.24, 2.45) is 5.92 Å². The van der Waals surface area contributed by atoms with Gasteiger partial charge in [0.15, 0.2) is 0 Å². The first-order chi connectivity index (χ1) is 5.93. The quantitative estimate of drug-likeness (QED) is 0.586. The van der Waals surface area contributed by atoms with Crippen molar-refractivity contribution < 1.29 is 0 Å². The number of unbranched alkanes of at least 4 members (excludes halogenated alkanes) is 1. The average Bonchev–Trinajstić information content (AvgIpc) is 2.87. The van der Waals surface area contributed by atoms with Gasteiger partial charge in [-0.2, -0.15) is 11.8 Å². The van der Waals surface area contributed by atoms with Crippen LogP contribution in [0, 0.1) is 5.92 Å². The van der Waals surface area contributed by atoms with E-state index in [9.17, 15) is 0 Å². The van der Waals surface area contributed by atoms with Crippen LogP contribution in [0.25, 0.3) is 0 Å². The maximum atomic E-state index is 3.50. The molecule has 0 aliphatic heterocycles. The first kappa shape index (κ1) is 10.4. The molecular weight excluding hydrogens is 166 g/mol. The molecule has 72 valence electrons. The molecule has 1 fully saturated rings. The molecule has 1 aliphatic carbocycles. The SMILES string of the molecule is CCCCSCCNCC1CC1. The van der Waals surface area contributed by atoms with E-state index < -0.39 is 0 Å². The largest absolute Gasteiger partial charge is 0.316 e. The van der Waals surface area contributed by atoms with Gasteiger partial charge in [-0.15, -0.1) is 0 Å². The van der Waals surface area contributed by atoms with E-state index in [1.54, 1.807) is 0 Å². The van der Waals surface area contributed by atoms with E-state index in [2.05, 4.69) is 24.0 Å². The highest BCUT2D eigenvalue weighted by atomic mass is 32.2. The van der Waals surface area contributed by atoms with Crippen molar-refractivity contribution in [3.05, 3.63) is 0 Å². The molecule has 0 spiro atoms. The van der Waals surface area contributed by atoms with Crippen LogP contribution in [0.15, 0.2) is 0 Å². The van der Waals surface area contributed by atoms with Crippen molar-refractivity contribution in [3.8, 4) is 0 Å². The van der Waals surface area contributed by atoms with E-state index in [0.717, 1.165) is 5.92 Å². The van der Waals surface area contributed by atoms with Crippen molar-refractivity contribution in [1.82, 2.24) is 5.32 Å². The molecule has 1 rings (SSSR count). The number of hydrogen-bond donors (Lipinski definition) is 1. The third-order valence-corrected chi connectivity index (χ3v) is 3.27. The molecular formula is C10H21NS. The molecule has 0 aromatic heterocycles. The number of thioether (sulfide) groups is 1. The maximum Gasteiger partial charge on any atom is 0.00581 e. The highest BCUT2D eigenvalue weighted by molar-refractivity contribution is 7.99. The van der Waals surface area contributed by atoms with Crippen molar-refractivity contribution >= 4 is 11.8 Å². The second-order valence-corrected chi connectivity index (χ2v) is 4.84. The van der Waals surface area contributed by atoms with Crippen LogP contribution in [0.2, 0.25) is 0 Å². The van der Waals surface area contributed by atoms with Crippen molar-refractivity contribution in [2.45, 2.75) is 32.6 Å². The summed E-state index contributed by atoms with van der Waals surface area (Å²) in [6.07, 6.45) is 5.65. The Labute approximate surface area is 80.7 Å². The lowest BCUT2D eigenvalue weighted by atomic mass is 10.4. The number of rotatable bonds is 8. The summed E-state index contributed by atoms with van der Waals surface area (Å²) in [6.45, 7) is 4.74. The Morgan fingerprint density at radius 3 is 2.83 bits per heavy atom. The summed E-state index contributed by atoms with van der Waals surface area (Å²) < 4.78 is 0. The Kier molecular flexibility index (Phi) is 5.88. The Bertz CT molecular complexity index is 102. The molecule has 12 heavy (non-hydrogen) atoms. The summed E-state index contributed by atoms with van der Waals surface area (Å²) in [5, 5.41) is 3.50. The average molecular weight is 187 g/mol. The minimum Gasteiger partial charge on any atom is -0.316 e. The van der Waals surface area contributed by atoms with Gasteiger partial charge in [0.25, 0.3) is 0 Å². The zero-order valence-electron chi connectivity index (χ0n) is 8.14. The van der Waals surface area contributed by atoms with Crippen LogP contribution in [0.1, 0.15) is 32.6 Å². The molecule has 1 N–H and O–H groups in total. The first-order valence-electron chi connectivity index (χ1n) is 5.22. The number of hydrogen-bond acceptors (Lipinski definition) is 2. The smallest absolute Gasteiger partial charge is 0.00581 e. The van der Waals surface area contributed by atoms with Gasteiger partial charge in [-0.1, -0.05) is 13.3 Å². The van der Waals surface area contributed by atoms with Gasteiger partial charge in [-0.3, -0.25) is 0 Å². The van der Waals surface area contributed by atoms with Crippen LogP contribution in [-0.2, 0) is 0 Å². The highest BCUT2D eigenvalue weighted by Gasteiger charge is 2.19. The van der Waals surface area contributed by atoms with E-state index >= 15 is 0 Å². The Balaban J connectivity index is 1.65.